The number of aryl methyl sites for hydroxylation is 2. The zero-order valence-corrected chi connectivity index (χ0v) is 17.4. The van der Waals surface area contributed by atoms with E-state index < -0.39 is 0 Å². The number of fused-ring (bicyclic) bond motifs is 1. The van der Waals surface area contributed by atoms with Crippen LogP contribution in [0.3, 0.4) is 0 Å². The quantitative estimate of drug-likeness (QED) is 0.474. The van der Waals surface area contributed by atoms with Crippen molar-refractivity contribution < 1.29 is 9.15 Å². The maximum Gasteiger partial charge on any atom is 0.191 e. The predicted octanol–water partition coefficient (Wildman–Crippen LogP) is 5.15. The molecule has 0 fully saturated rings. The minimum atomic E-state index is 0.277. The molecule has 4 aromatic rings. The van der Waals surface area contributed by atoms with Crippen molar-refractivity contribution in [1.29, 1.82) is 0 Å². The Hall–Kier alpha value is -3.41. The molecule has 0 amide bonds. The van der Waals surface area contributed by atoms with E-state index in [2.05, 4.69) is 50.9 Å². The molecule has 0 saturated carbocycles. The van der Waals surface area contributed by atoms with E-state index in [4.69, 9.17) is 9.15 Å². The molecule has 5 rings (SSSR count). The highest BCUT2D eigenvalue weighted by Gasteiger charge is 2.27. The molecule has 152 valence electrons. The second-order valence-electron chi connectivity index (χ2n) is 7.80. The number of ether oxygens (including phenoxy) is 1. The molecule has 30 heavy (non-hydrogen) atoms. The van der Waals surface area contributed by atoms with Gasteiger partial charge >= 0.3 is 0 Å². The summed E-state index contributed by atoms with van der Waals surface area (Å²) in [6, 6.07) is 14.8. The molecule has 1 aliphatic heterocycles. The summed E-state index contributed by atoms with van der Waals surface area (Å²) in [5.74, 6) is 4.24. The van der Waals surface area contributed by atoms with Crippen molar-refractivity contribution in [3.05, 3.63) is 71.5 Å². The van der Waals surface area contributed by atoms with Crippen molar-refractivity contribution in [3.63, 3.8) is 0 Å². The van der Waals surface area contributed by atoms with Crippen molar-refractivity contribution in [2.24, 2.45) is 0 Å². The van der Waals surface area contributed by atoms with Crippen LogP contribution in [-0.2, 0) is 6.54 Å². The summed E-state index contributed by atoms with van der Waals surface area (Å²) in [7, 11) is 1.67. The lowest BCUT2D eigenvalue weighted by Crippen LogP contribution is -2.17. The summed E-state index contributed by atoms with van der Waals surface area (Å²) >= 11 is 0. The van der Waals surface area contributed by atoms with Gasteiger partial charge in [0.05, 0.1) is 18.9 Å². The normalized spacial score (nSPS) is 15.8. The summed E-state index contributed by atoms with van der Waals surface area (Å²) in [4.78, 5) is 4.19. The van der Waals surface area contributed by atoms with E-state index in [0.717, 1.165) is 47.9 Å². The standard InChI is InChI=1S/C24H24N4O2/c1-15-6-8-17(9-7-15)19-5-4-12-28-23(26-27-24(19)28)18-10-11-20(21(13-18)29-3)22-14-25-16(2)30-22/h6-11,13-14,19H,4-5,12H2,1-3H3. The van der Waals surface area contributed by atoms with Gasteiger partial charge in [-0.1, -0.05) is 35.9 Å². The number of rotatable bonds is 4. The van der Waals surface area contributed by atoms with E-state index in [9.17, 15) is 0 Å². The van der Waals surface area contributed by atoms with Gasteiger partial charge in [0.2, 0.25) is 0 Å². The molecule has 3 heterocycles. The Morgan fingerprint density at radius 2 is 1.90 bits per heavy atom. The molecule has 0 spiro atoms. The zero-order chi connectivity index (χ0) is 20.7. The van der Waals surface area contributed by atoms with Crippen LogP contribution < -0.4 is 4.74 Å². The molecule has 0 N–H and O–H groups in total. The van der Waals surface area contributed by atoms with Gasteiger partial charge in [0.15, 0.2) is 17.5 Å². The van der Waals surface area contributed by atoms with Crippen molar-refractivity contribution in [2.75, 3.05) is 7.11 Å². The fourth-order valence-corrected chi connectivity index (χ4v) is 4.22. The fraction of sp³-hybridized carbons (Fsp3) is 0.292. The Labute approximate surface area is 175 Å². The van der Waals surface area contributed by atoms with E-state index >= 15 is 0 Å². The topological polar surface area (TPSA) is 66.0 Å². The van der Waals surface area contributed by atoms with E-state index in [1.807, 2.05) is 25.1 Å². The Balaban J connectivity index is 1.54. The first-order chi connectivity index (χ1) is 14.6. The van der Waals surface area contributed by atoms with Gasteiger partial charge in [-0.25, -0.2) is 4.98 Å². The number of aromatic nitrogens is 4. The Morgan fingerprint density at radius 3 is 2.63 bits per heavy atom. The molecule has 1 aliphatic rings. The second kappa shape index (κ2) is 7.44. The molecule has 1 unspecified atom stereocenters. The lowest BCUT2D eigenvalue weighted by molar-refractivity contribution is 0.414. The van der Waals surface area contributed by atoms with Crippen LogP contribution in [0.2, 0.25) is 0 Å². The number of benzene rings is 2. The molecule has 0 saturated heterocycles. The lowest BCUT2D eigenvalue weighted by Gasteiger charge is -2.24. The summed E-state index contributed by atoms with van der Waals surface area (Å²) in [6.45, 7) is 4.87. The van der Waals surface area contributed by atoms with Gasteiger partial charge in [-0.15, -0.1) is 10.2 Å². The Bertz CT molecular complexity index is 1190. The summed E-state index contributed by atoms with van der Waals surface area (Å²) in [5, 5.41) is 9.16. The van der Waals surface area contributed by atoms with Gasteiger partial charge in [0, 0.05) is 24.9 Å². The first-order valence-electron chi connectivity index (χ1n) is 10.2. The highest BCUT2D eigenvalue weighted by Crippen LogP contribution is 2.37. The molecule has 6 heteroatoms. The zero-order valence-electron chi connectivity index (χ0n) is 17.4. The Morgan fingerprint density at radius 1 is 1.07 bits per heavy atom. The van der Waals surface area contributed by atoms with Crippen LogP contribution >= 0.6 is 0 Å². The highest BCUT2D eigenvalue weighted by molar-refractivity contribution is 5.71. The van der Waals surface area contributed by atoms with Gasteiger partial charge in [-0.05, 0) is 37.5 Å². The number of hydrogen-bond acceptors (Lipinski definition) is 5. The third-order valence-corrected chi connectivity index (χ3v) is 5.79. The van der Waals surface area contributed by atoms with E-state index in [1.54, 1.807) is 13.3 Å². The minimum absolute atomic E-state index is 0.277. The van der Waals surface area contributed by atoms with Gasteiger partial charge in [0.1, 0.15) is 11.6 Å². The predicted molar refractivity (Wildman–Crippen MR) is 115 cm³/mol. The van der Waals surface area contributed by atoms with E-state index in [0.29, 0.717) is 11.7 Å². The van der Waals surface area contributed by atoms with Crippen molar-refractivity contribution in [1.82, 2.24) is 19.7 Å². The van der Waals surface area contributed by atoms with Crippen LogP contribution in [0.4, 0.5) is 0 Å². The largest absolute Gasteiger partial charge is 0.496 e. The van der Waals surface area contributed by atoms with E-state index in [-0.39, 0.29) is 5.92 Å². The minimum Gasteiger partial charge on any atom is -0.496 e. The van der Waals surface area contributed by atoms with Crippen LogP contribution in [0.1, 0.15) is 41.6 Å². The Kier molecular flexibility index (Phi) is 4.62. The van der Waals surface area contributed by atoms with Crippen molar-refractivity contribution in [3.8, 4) is 28.5 Å². The van der Waals surface area contributed by atoms with Crippen LogP contribution in [0.15, 0.2) is 53.1 Å². The molecular weight excluding hydrogens is 376 g/mol. The molecule has 6 nitrogen and oxygen atoms in total. The molecule has 0 radical (unpaired) electrons. The third kappa shape index (κ3) is 3.18. The summed E-state index contributed by atoms with van der Waals surface area (Å²) in [6.07, 6.45) is 3.91. The highest BCUT2D eigenvalue weighted by atomic mass is 16.5. The van der Waals surface area contributed by atoms with Gasteiger partial charge < -0.3 is 13.7 Å². The maximum absolute atomic E-state index is 5.68. The fourth-order valence-electron chi connectivity index (χ4n) is 4.22. The van der Waals surface area contributed by atoms with E-state index in [1.165, 1.54) is 11.1 Å². The van der Waals surface area contributed by atoms with Crippen LogP contribution in [0.5, 0.6) is 5.75 Å². The first kappa shape index (κ1) is 18.6. The van der Waals surface area contributed by atoms with Crippen LogP contribution in [0.25, 0.3) is 22.7 Å². The number of hydrogen-bond donors (Lipinski definition) is 0. The lowest BCUT2D eigenvalue weighted by atomic mass is 9.90. The number of methoxy groups -OCH3 is 1. The smallest absolute Gasteiger partial charge is 0.191 e. The molecule has 2 aromatic heterocycles. The maximum atomic E-state index is 5.68. The van der Waals surface area contributed by atoms with Gasteiger partial charge in [-0.2, -0.15) is 0 Å². The van der Waals surface area contributed by atoms with Crippen LogP contribution in [0, 0.1) is 13.8 Å². The SMILES string of the molecule is COc1cc(-c2nnc3n2CCCC3c2ccc(C)cc2)ccc1-c1cnc(C)o1. The third-order valence-electron chi connectivity index (χ3n) is 5.79. The van der Waals surface area contributed by atoms with Crippen molar-refractivity contribution in [2.45, 2.75) is 39.2 Å². The molecule has 0 aliphatic carbocycles. The molecule has 1 atom stereocenters. The number of nitrogens with zero attached hydrogens (tertiary/aromatic N) is 4. The first-order valence-corrected chi connectivity index (χ1v) is 10.2. The molecular formula is C24H24N4O2. The average molecular weight is 400 g/mol. The van der Waals surface area contributed by atoms with Crippen molar-refractivity contribution >= 4 is 0 Å². The second-order valence-corrected chi connectivity index (χ2v) is 7.80. The monoisotopic (exact) mass is 400 g/mol. The summed E-state index contributed by atoms with van der Waals surface area (Å²) < 4.78 is 13.6. The van der Waals surface area contributed by atoms with Gasteiger partial charge in [0.25, 0.3) is 0 Å². The summed E-state index contributed by atoms with van der Waals surface area (Å²) in [5.41, 5.74) is 4.42. The average Bonchev–Trinajstić information content (AvgIpc) is 3.40. The molecule has 2 aromatic carbocycles. The van der Waals surface area contributed by atoms with Gasteiger partial charge in [-0.3, -0.25) is 0 Å². The molecule has 0 bridgehead atoms. The van der Waals surface area contributed by atoms with Crippen LogP contribution in [-0.4, -0.2) is 26.9 Å². The number of oxazole rings is 1.